The lowest BCUT2D eigenvalue weighted by molar-refractivity contribution is -0.135. The molecule has 1 unspecified atom stereocenters. The van der Waals surface area contributed by atoms with E-state index in [-0.39, 0.29) is 35.6 Å². The normalized spacial score (nSPS) is 12.3. The molecule has 0 bridgehead atoms. The molecule has 0 aliphatic carbocycles. The highest BCUT2D eigenvalue weighted by molar-refractivity contribution is 5.87. The Labute approximate surface area is 162 Å². The maximum atomic E-state index is 11.5. The number of carbonyl (C=O) groups is 2. The predicted octanol–water partition coefficient (Wildman–Crippen LogP) is 3.41. The first kappa shape index (κ1) is 24.4. The molecule has 0 aromatic heterocycles. The van der Waals surface area contributed by atoms with Gasteiger partial charge in [0.05, 0.1) is 17.3 Å². The van der Waals surface area contributed by atoms with Crippen molar-refractivity contribution in [1.29, 1.82) is 0 Å². The van der Waals surface area contributed by atoms with Crippen molar-refractivity contribution < 1.29 is 24.2 Å². The predicted molar refractivity (Wildman–Crippen MR) is 105 cm³/mol. The molecule has 0 saturated heterocycles. The first-order valence-corrected chi connectivity index (χ1v) is 8.51. The van der Waals surface area contributed by atoms with Crippen LogP contribution in [0.2, 0.25) is 0 Å². The largest absolute Gasteiger partial charge is 0.478 e. The number of methoxy groups -OCH3 is 1. The van der Waals surface area contributed by atoms with Crippen LogP contribution in [-0.2, 0) is 14.3 Å². The summed E-state index contributed by atoms with van der Waals surface area (Å²) in [5.74, 6) is 6.32. The highest BCUT2D eigenvalue weighted by atomic mass is 16.5. The zero-order chi connectivity index (χ0) is 21.0. The monoisotopic (exact) mass is 372 g/mol. The molecular formula is C22H28O5. The van der Waals surface area contributed by atoms with Crippen molar-refractivity contribution in [2.45, 2.75) is 46.3 Å². The van der Waals surface area contributed by atoms with E-state index in [1.54, 1.807) is 12.1 Å². The fraction of sp³-hybridized carbons (Fsp3) is 0.455. The molecule has 146 valence electrons. The van der Waals surface area contributed by atoms with Gasteiger partial charge in [-0.15, -0.1) is 6.42 Å². The van der Waals surface area contributed by atoms with E-state index < -0.39 is 5.97 Å². The van der Waals surface area contributed by atoms with Crippen LogP contribution in [0.25, 0.3) is 0 Å². The maximum absolute atomic E-state index is 11.5. The van der Waals surface area contributed by atoms with Gasteiger partial charge in [0, 0.05) is 18.6 Å². The molecule has 2 atom stereocenters. The Morgan fingerprint density at radius 2 is 1.74 bits per heavy atom. The number of carboxylic acids is 1. The third-order valence-electron chi connectivity index (χ3n) is 3.45. The number of aromatic carboxylic acids is 1. The number of benzene rings is 1. The number of carbonyl (C=O) groups excluding carboxylic acids is 1. The van der Waals surface area contributed by atoms with Gasteiger partial charge in [-0.2, -0.15) is 0 Å². The van der Waals surface area contributed by atoms with Gasteiger partial charge in [-0.1, -0.05) is 12.8 Å². The van der Waals surface area contributed by atoms with Crippen molar-refractivity contribution in [2.24, 2.45) is 5.92 Å². The molecule has 0 radical (unpaired) electrons. The van der Waals surface area contributed by atoms with E-state index >= 15 is 0 Å². The number of hydrogen-bond donors (Lipinski definition) is 1. The molecule has 1 N–H and O–H groups in total. The van der Waals surface area contributed by atoms with Crippen molar-refractivity contribution in [2.75, 3.05) is 13.7 Å². The summed E-state index contributed by atoms with van der Waals surface area (Å²) in [4.78, 5) is 21.9. The standard InChI is InChI=1S/C11H22O3.C11H6O2/c1-8(10(12)7-13-6)9(2)14-11(3,4)5;1-2-3-4-9-5-7-10(8-6-9)11(12)13/h8-9H,7H2,1-6H3;1,5-8H,(H,12,13)/t8?,9-;/m1./s1. The van der Waals surface area contributed by atoms with Crippen LogP contribution in [0.5, 0.6) is 0 Å². The zero-order valence-corrected chi connectivity index (χ0v) is 16.8. The maximum Gasteiger partial charge on any atom is 0.335 e. The number of ketones is 1. The van der Waals surface area contributed by atoms with Gasteiger partial charge in [-0.3, -0.25) is 4.79 Å². The molecular weight excluding hydrogens is 344 g/mol. The quantitative estimate of drug-likeness (QED) is 0.775. The Morgan fingerprint density at radius 3 is 2.15 bits per heavy atom. The van der Waals surface area contributed by atoms with Crippen LogP contribution in [0.15, 0.2) is 24.3 Å². The van der Waals surface area contributed by atoms with Crippen molar-refractivity contribution in [3.05, 3.63) is 35.4 Å². The molecule has 5 heteroatoms. The Bertz CT molecular complexity index is 708. The smallest absolute Gasteiger partial charge is 0.335 e. The molecule has 27 heavy (non-hydrogen) atoms. The number of hydrogen-bond acceptors (Lipinski definition) is 4. The minimum Gasteiger partial charge on any atom is -0.478 e. The number of terminal acetylenes is 1. The van der Waals surface area contributed by atoms with Crippen LogP contribution in [0.4, 0.5) is 0 Å². The average Bonchev–Trinajstić information content (AvgIpc) is 2.58. The Hall–Kier alpha value is -2.60. The molecule has 1 aromatic rings. The summed E-state index contributed by atoms with van der Waals surface area (Å²) in [7, 11) is 1.53. The van der Waals surface area contributed by atoms with E-state index in [0.29, 0.717) is 5.56 Å². The summed E-state index contributed by atoms with van der Waals surface area (Å²) in [6.07, 6.45) is 4.87. The van der Waals surface area contributed by atoms with E-state index in [2.05, 4.69) is 17.8 Å². The van der Waals surface area contributed by atoms with E-state index in [9.17, 15) is 9.59 Å². The molecule has 0 aliphatic rings. The fourth-order valence-electron chi connectivity index (χ4n) is 2.00. The summed E-state index contributed by atoms with van der Waals surface area (Å²) < 4.78 is 10.5. The van der Waals surface area contributed by atoms with Gasteiger partial charge in [-0.05, 0) is 63.8 Å². The highest BCUT2D eigenvalue weighted by Crippen LogP contribution is 2.17. The Balaban J connectivity index is 0.000000501. The number of Topliss-reactive ketones (excluding diaryl/α,β-unsaturated/α-hetero) is 1. The topological polar surface area (TPSA) is 72.8 Å². The van der Waals surface area contributed by atoms with Gasteiger partial charge < -0.3 is 14.6 Å². The van der Waals surface area contributed by atoms with Gasteiger partial charge >= 0.3 is 5.97 Å². The van der Waals surface area contributed by atoms with Crippen molar-refractivity contribution in [1.82, 2.24) is 0 Å². The second kappa shape index (κ2) is 11.9. The molecule has 0 fully saturated rings. The van der Waals surface area contributed by atoms with E-state index in [1.807, 2.05) is 34.6 Å². The van der Waals surface area contributed by atoms with Gasteiger partial charge in [0.1, 0.15) is 6.61 Å². The van der Waals surface area contributed by atoms with Crippen LogP contribution < -0.4 is 0 Å². The summed E-state index contributed by atoms with van der Waals surface area (Å²) in [5, 5.41) is 8.58. The average molecular weight is 372 g/mol. The third kappa shape index (κ3) is 10.9. The fourth-order valence-corrected chi connectivity index (χ4v) is 2.00. The minimum atomic E-state index is -0.948. The summed E-state index contributed by atoms with van der Waals surface area (Å²) in [5.41, 5.74) is 0.746. The summed E-state index contributed by atoms with van der Waals surface area (Å²) in [6, 6.07) is 6.22. The number of ether oxygens (including phenoxy) is 2. The molecule has 0 spiro atoms. The third-order valence-corrected chi connectivity index (χ3v) is 3.45. The van der Waals surface area contributed by atoms with Crippen LogP contribution in [0, 0.1) is 30.1 Å². The van der Waals surface area contributed by atoms with Crippen LogP contribution in [0.1, 0.15) is 50.5 Å². The number of carboxylic acid groups (broad SMARTS) is 1. The van der Waals surface area contributed by atoms with Crippen molar-refractivity contribution in [3.63, 3.8) is 0 Å². The molecule has 1 rings (SSSR count). The SMILES string of the molecule is C#CC#Cc1ccc(C(=O)O)cc1.COCC(=O)C(C)[C@@H](C)OC(C)(C)C. The van der Waals surface area contributed by atoms with Crippen LogP contribution in [-0.4, -0.2) is 42.3 Å². The van der Waals surface area contributed by atoms with Crippen molar-refractivity contribution in [3.8, 4) is 24.2 Å². The molecule has 0 heterocycles. The van der Waals surface area contributed by atoms with Crippen LogP contribution >= 0.6 is 0 Å². The van der Waals surface area contributed by atoms with E-state index in [0.717, 1.165) is 0 Å². The Kier molecular flexibility index (Phi) is 10.8. The molecule has 0 aliphatic heterocycles. The second-order valence-electron chi connectivity index (χ2n) is 6.90. The Morgan fingerprint density at radius 1 is 1.19 bits per heavy atom. The lowest BCUT2D eigenvalue weighted by Crippen LogP contribution is -2.34. The first-order valence-electron chi connectivity index (χ1n) is 8.51. The van der Waals surface area contributed by atoms with E-state index in [4.69, 9.17) is 21.0 Å². The number of rotatable bonds is 6. The highest BCUT2D eigenvalue weighted by Gasteiger charge is 2.24. The van der Waals surface area contributed by atoms with Crippen molar-refractivity contribution >= 4 is 11.8 Å². The second-order valence-corrected chi connectivity index (χ2v) is 6.90. The molecule has 0 amide bonds. The van der Waals surface area contributed by atoms with Crippen LogP contribution in [0.3, 0.4) is 0 Å². The lowest BCUT2D eigenvalue weighted by atomic mass is 10.0. The molecule has 1 aromatic carbocycles. The molecule has 5 nitrogen and oxygen atoms in total. The minimum absolute atomic E-state index is 0.0716. The first-order chi connectivity index (χ1) is 12.5. The molecule has 0 saturated carbocycles. The van der Waals surface area contributed by atoms with Gasteiger partial charge in [0.25, 0.3) is 0 Å². The zero-order valence-electron chi connectivity index (χ0n) is 16.8. The van der Waals surface area contributed by atoms with Gasteiger partial charge in [-0.25, -0.2) is 4.79 Å². The summed E-state index contributed by atoms with van der Waals surface area (Å²) >= 11 is 0. The lowest BCUT2D eigenvalue weighted by Gasteiger charge is -2.28. The summed E-state index contributed by atoms with van der Waals surface area (Å²) in [6.45, 7) is 9.91. The van der Waals surface area contributed by atoms with E-state index in [1.165, 1.54) is 19.2 Å². The van der Waals surface area contributed by atoms with Gasteiger partial charge in [0.15, 0.2) is 5.78 Å². The van der Waals surface area contributed by atoms with Gasteiger partial charge in [0.2, 0.25) is 0 Å².